The molecule has 0 spiro atoms. The van der Waals surface area contributed by atoms with Crippen LogP contribution >= 0.6 is 0 Å². The first-order chi connectivity index (χ1) is 10.6. The number of para-hydroxylation sites is 2. The smallest absolute Gasteiger partial charge is 0.226 e. The molecule has 2 aromatic carbocycles. The van der Waals surface area contributed by atoms with E-state index in [2.05, 4.69) is 10.3 Å². The molecular weight excluding hydrogens is 281 g/mol. The molecule has 1 N–H and O–H groups in total. The molecule has 0 bridgehead atoms. The fraction of sp³-hybridized carbons (Fsp3) is 0.176. The molecule has 112 valence electrons. The monoisotopic (exact) mass is 297 g/mol. The second-order valence-corrected chi connectivity index (χ2v) is 5.10. The van der Waals surface area contributed by atoms with Crippen LogP contribution in [0.15, 0.2) is 48.5 Å². The number of carbonyl (C=O) groups excluding carboxylic acids is 1. The molecule has 0 aliphatic heterocycles. The first-order valence-electron chi connectivity index (χ1n) is 7.11. The largest absolute Gasteiger partial charge is 0.328 e. The van der Waals surface area contributed by atoms with Crippen molar-refractivity contribution in [2.24, 2.45) is 0 Å². The van der Waals surface area contributed by atoms with Crippen LogP contribution in [0.25, 0.3) is 11.0 Å². The van der Waals surface area contributed by atoms with Gasteiger partial charge in [-0.2, -0.15) is 0 Å². The van der Waals surface area contributed by atoms with Crippen LogP contribution in [0, 0.1) is 12.7 Å². The third-order valence-corrected chi connectivity index (χ3v) is 3.54. The molecule has 0 radical (unpaired) electrons. The van der Waals surface area contributed by atoms with Gasteiger partial charge < -0.3 is 9.88 Å². The minimum absolute atomic E-state index is 0.108. The highest BCUT2D eigenvalue weighted by Crippen LogP contribution is 2.16. The summed E-state index contributed by atoms with van der Waals surface area (Å²) in [4.78, 5) is 16.5. The van der Waals surface area contributed by atoms with Crippen molar-refractivity contribution in [2.75, 3.05) is 5.32 Å². The first-order valence-corrected chi connectivity index (χ1v) is 7.11. The van der Waals surface area contributed by atoms with Crippen molar-refractivity contribution in [1.82, 2.24) is 9.55 Å². The molecule has 0 atom stereocenters. The van der Waals surface area contributed by atoms with E-state index in [1.807, 2.05) is 35.8 Å². The van der Waals surface area contributed by atoms with Gasteiger partial charge in [0.1, 0.15) is 11.6 Å². The summed E-state index contributed by atoms with van der Waals surface area (Å²) in [5.41, 5.74) is 2.55. The second-order valence-electron chi connectivity index (χ2n) is 5.10. The zero-order valence-electron chi connectivity index (χ0n) is 12.2. The lowest BCUT2D eigenvalue weighted by molar-refractivity contribution is -0.116. The van der Waals surface area contributed by atoms with Gasteiger partial charge in [0.15, 0.2) is 0 Å². The third kappa shape index (κ3) is 2.98. The Labute approximate surface area is 127 Å². The average Bonchev–Trinajstić information content (AvgIpc) is 2.83. The van der Waals surface area contributed by atoms with Crippen LogP contribution in [0.2, 0.25) is 0 Å². The summed E-state index contributed by atoms with van der Waals surface area (Å²) in [6.45, 7) is 2.48. The van der Waals surface area contributed by atoms with Crippen molar-refractivity contribution in [3.8, 4) is 0 Å². The quantitative estimate of drug-likeness (QED) is 0.801. The number of hydrogen-bond donors (Lipinski definition) is 1. The number of carbonyl (C=O) groups is 1. The average molecular weight is 297 g/mol. The predicted molar refractivity (Wildman–Crippen MR) is 84.1 cm³/mol. The normalized spacial score (nSPS) is 10.8. The van der Waals surface area contributed by atoms with E-state index in [4.69, 9.17) is 0 Å². The molecule has 3 aromatic rings. The Kier molecular flexibility index (Phi) is 3.87. The summed E-state index contributed by atoms with van der Waals surface area (Å²) >= 11 is 0. The van der Waals surface area contributed by atoms with Crippen molar-refractivity contribution in [1.29, 1.82) is 0 Å². The molecule has 5 heteroatoms. The second kappa shape index (κ2) is 5.97. The lowest BCUT2D eigenvalue weighted by atomic mass is 10.3. The van der Waals surface area contributed by atoms with E-state index in [0.717, 1.165) is 16.9 Å². The number of anilines is 1. The highest BCUT2D eigenvalue weighted by molar-refractivity contribution is 5.90. The molecule has 1 amide bonds. The summed E-state index contributed by atoms with van der Waals surface area (Å²) in [5.74, 6) is 0.457. The molecule has 0 aliphatic carbocycles. The topological polar surface area (TPSA) is 46.9 Å². The first kappa shape index (κ1) is 14.3. The molecule has 0 fully saturated rings. The molecule has 1 heterocycles. The molecule has 0 saturated carbocycles. The Hall–Kier alpha value is -2.69. The number of hydrogen-bond acceptors (Lipinski definition) is 2. The van der Waals surface area contributed by atoms with Gasteiger partial charge in [-0.05, 0) is 43.3 Å². The van der Waals surface area contributed by atoms with Crippen LogP contribution in [-0.2, 0) is 11.3 Å². The summed E-state index contributed by atoms with van der Waals surface area (Å²) in [7, 11) is 0. The van der Waals surface area contributed by atoms with E-state index in [0.29, 0.717) is 18.7 Å². The van der Waals surface area contributed by atoms with E-state index >= 15 is 0 Å². The van der Waals surface area contributed by atoms with E-state index in [9.17, 15) is 9.18 Å². The van der Waals surface area contributed by atoms with Gasteiger partial charge in [0.05, 0.1) is 11.0 Å². The number of aryl methyl sites for hydroxylation is 2. The zero-order valence-corrected chi connectivity index (χ0v) is 12.2. The molecular formula is C17H16FN3O. The number of halogens is 1. The minimum Gasteiger partial charge on any atom is -0.328 e. The fourth-order valence-corrected chi connectivity index (χ4v) is 2.45. The van der Waals surface area contributed by atoms with Crippen molar-refractivity contribution in [3.05, 3.63) is 60.2 Å². The number of amides is 1. The highest BCUT2D eigenvalue weighted by atomic mass is 19.1. The maximum Gasteiger partial charge on any atom is 0.226 e. The van der Waals surface area contributed by atoms with Crippen molar-refractivity contribution in [3.63, 3.8) is 0 Å². The van der Waals surface area contributed by atoms with Gasteiger partial charge in [0.25, 0.3) is 0 Å². The van der Waals surface area contributed by atoms with E-state index < -0.39 is 0 Å². The maximum absolute atomic E-state index is 12.8. The van der Waals surface area contributed by atoms with E-state index in [-0.39, 0.29) is 11.7 Å². The Morgan fingerprint density at radius 2 is 1.91 bits per heavy atom. The number of rotatable bonds is 4. The van der Waals surface area contributed by atoms with Gasteiger partial charge in [0, 0.05) is 18.7 Å². The van der Waals surface area contributed by atoms with Gasteiger partial charge in [-0.15, -0.1) is 0 Å². The van der Waals surface area contributed by atoms with Crippen molar-refractivity contribution < 1.29 is 9.18 Å². The van der Waals surface area contributed by atoms with Crippen LogP contribution in [0.4, 0.5) is 10.1 Å². The molecule has 0 aliphatic rings. The third-order valence-electron chi connectivity index (χ3n) is 3.54. The molecule has 0 unspecified atom stereocenters. The van der Waals surface area contributed by atoms with Gasteiger partial charge in [0.2, 0.25) is 5.91 Å². The van der Waals surface area contributed by atoms with Crippen LogP contribution in [-0.4, -0.2) is 15.5 Å². The Morgan fingerprint density at radius 3 is 2.68 bits per heavy atom. The van der Waals surface area contributed by atoms with Crippen molar-refractivity contribution in [2.45, 2.75) is 19.9 Å². The number of aromatic nitrogens is 2. The van der Waals surface area contributed by atoms with E-state index in [1.165, 1.54) is 12.1 Å². The summed E-state index contributed by atoms with van der Waals surface area (Å²) in [6, 6.07) is 13.6. The number of nitrogens with zero attached hydrogens (tertiary/aromatic N) is 2. The highest BCUT2D eigenvalue weighted by Gasteiger charge is 2.09. The Bertz CT molecular complexity index is 808. The Morgan fingerprint density at radius 1 is 1.18 bits per heavy atom. The lowest BCUT2D eigenvalue weighted by Crippen LogP contribution is -2.15. The van der Waals surface area contributed by atoms with Crippen LogP contribution in [0.3, 0.4) is 0 Å². The predicted octanol–water partition coefficient (Wildman–Crippen LogP) is 3.51. The standard InChI is InChI=1S/C17H16FN3O/c1-12-19-15-4-2-3-5-16(15)21(12)11-10-17(22)20-14-8-6-13(18)7-9-14/h2-9H,10-11H2,1H3,(H,20,22). The fourth-order valence-electron chi connectivity index (χ4n) is 2.45. The maximum atomic E-state index is 12.8. The molecule has 0 saturated heterocycles. The van der Waals surface area contributed by atoms with Crippen molar-refractivity contribution >= 4 is 22.6 Å². The molecule has 1 aromatic heterocycles. The Balaban J connectivity index is 1.67. The summed E-state index contributed by atoms with van der Waals surface area (Å²) in [6.07, 6.45) is 0.332. The lowest BCUT2D eigenvalue weighted by Gasteiger charge is -2.08. The van der Waals surface area contributed by atoms with Gasteiger partial charge in [-0.25, -0.2) is 9.37 Å². The number of fused-ring (bicyclic) bond motifs is 1. The summed E-state index contributed by atoms with van der Waals surface area (Å²) < 4.78 is 14.9. The van der Waals surface area contributed by atoms with Crippen LogP contribution in [0.1, 0.15) is 12.2 Å². The number of nitrogens with one attached hydrogen (secondary N) is 1. The zero-order chi connectivity index (χ0) is 15.5. The minimum atomic E-state index is -0.321. The molecule has 3 rings (SSSR count). The number of benzene rings is 2. The summed E-state index contributed by atoms with van der Waals surface area (Å²) in [5, 5.41) is 2.76. The van der Waals surface area contributed by atoms with Gasteiger partial charge in [-0.3, -0.25) is 4.79 Å². The van der Waals surface area contributed by atoms with Crippen LogP contribution in [0.5, 0.6) is 0 Å². The van der Waals surface area contributed by atoms with Gasteiger partial charge in [-0.1, -0.05) is 12.1 Å². The van der Waals surface area contributed by atoms with E-state index in [1.54, 1.807) is 12.1 Å². The number of imidazole rings is 1. The molecule has 22 heavy (non-hydrogen) atoms. The van der Waals surface area contributed by atoms with Crippen LogP contribution < -0.4 is 5.32 Å². The SMILES string of the molecule is Cc1nc2ccccc2n1CCC(=O)Nc1ccc(F)cc1. The molecule has 4 nitrogen and oxygen atoms in total. The van der Waals surface area contributed by atoms with Gasteiger partial charge >= 0.3 is 0 Å².